The number of hydrogen-bond donors (Lipinski definition) is 1. The second-order valence-corrected chi connectivity index (χ2v) is 4.43. The van der Waals surface area contributed by atoms with E-state index in [1.54, 1.807) is 0 Å². The summed E-state index contributed by atoms with van der Waals surface area (Å²) in [5.74, 6) is 0. The van der Waals surface area contributed by atoms with Crippen molar-refractivity contribution in [2.24, 2.45) is 5.41 Å². The average Bonchev–Trinajstić information content (AvgIpc) is 2.10. The zero-order chi connectivity index (χ0) is 8.32. The number of nitrogens with one attached hydrogen (secondary N) is 1. The molecule has 1 saturated carbocycles. The van der Waals surface area contributed by atoms with Crippen LogP contribution in [-0.4, -0.2) is 13.1 Å². The van der Waals surface area contributed by atoms with E-state index >= 15 is 0 Å². The molecule has 1 nitrogen and oxygen atoms in total. The summed E-state index contributed by atoms with van der Waals surface area (Å²) in [7, 11) is 2.09. The molecule has 0 amide bonds. The van der Waals surface area contributed by atoms with Crippen LogP contribution in [0.1, 0.15) is 46.0 Å². The first-order valence-electron chi connectivity index (χ1n) is 4.84. The molecule has 0 aromatic carbocycles. The Morgan fingerprint density at radius 2 is 1.91 bits per heavy atom. The number of hydrogen-bond acceptors (Lipinski definition) is 1. The number of rotatable bonds is 1. The van der Waals surface area contributed by atoms with Crippen molar-refractivity contribution in [3.05, 3.63) is 0 Å². The molecule has 1 aliphatic carbocycles. The van der Waals surface area contributed by atoms with E-state index < -0.39 is 0 Å². The monoisotopic (exact) mass is 155 g/mol. The van der Waals surface area contributed by atoms with Gasteiger partial charge in [-0.15, -0.1) is 0 Å². The molecular weight excluding hydrogens is 134 g/mol. The van der Waals surface area contributed by atoms with Gasteiger partial charge in [-0.05, 0) is 25.3 Å². The molecule has 0 heterocycles. The molecule has 1 N–H and O–H groups in total. The minimum atomic E-state index is 0.519. The first-order valence-corrected chi connectivity index (χ1v) is 4.84. The van der Waals surface area contributed by atoms with Gasteiger partial charge in [0.15, 0.2) is 0 Å². The van der Waals surface area contributed by atoms with Crippen molar-refractivity contribution in [1.82, 2.24) is 5.32 Å². The summed E-state index contributed by atoms with van der Waals surface area (Å²) >= 11 is 0. The lowest BCUT2D eigenvalue weighted by Gasteiger charge is -2.32. The Morgan fingerprint density at radius 1 is 1.18 bits per heavy atom. The smallest absolute Gasteiger partial charge is 0.0115 e. The van der Waals surface area contributed by atoms with E-state index in [9.17, 15) is 0 Å². The SMILES string of the molecule is CNC1CCCCCC1(C)C. The minimum Gasteiger partial charge on any atom is -0.316 e. The van der Waals surface area contributed by atoms with Gasteiger partial charge in [0.1, 0.15) is 0 Å². The van der Waals surface area contributed by atoms with E-state index in [0.717, 1.165) is 6.04 Å². The quantitative estimate of drug-likeness (QED) is 0.574. The van der Waals surface area contributed by atoms with Crippen molar-refractivity contribution in [1.29, 1.82) is 0 Å². The predicted octanol–water partition coefficient (Wildman–Crippen LogP) is 2.56. The van der Waals surface area contributed by atoms with Gasteiger partial charge in [-0.25, -0.2) is 0 Å². The summed E-state index contributed by atoms with van der Waals surface area (Å²) in [5, 5.41) is 3.43. The summed E-state index contributed by atoms with van der Waals surface area (Å²) in [4.78, 5) is 0. The summed E-state index contributed by atoms with van der Waals surface area (Å²) in [6, 6.07) is 0.741. The molecule has 0 spiro atoms. The molecule has 1 aliphatic rings. The summed E-state index contributed by atoms with van der Waals surface area (Å²) in [6.07, 6.45) is 7.02. The zero-order valence-electron chi connectivity index (χ0n) is 8.11. The molecular formula is C10H21N. The first kappa shape index (κ1) is 9.05. The van der Waals surface area contributed by atoms with Gasteiger partial charge in [0.25, 0.3) is 0 Å². The fraction of sp³-hybridized carbons (Fsp3) is 1.00. The fourth-order valence-electron chi connectivity index (χ4n) is 2.21. The van der Waals surface area contributed by atoms with E-state index in [0.29, 0.717) is 5.41 Å². The highest BCUT2D eigenvalue weighted by molar-refractivity contribution is 4.85. The van der Waals surface area contributed by atoms with E-state index in [4.69, 9.17) is 0 Å². The van der Waals surface area contributed by atoms with E-state index in [1.807, 2.05) is 0 Å². The van der Waals surface area contributed by atoms with Gasteiger partial charge in [0.05, 0.1) is 0 Å². The van der Waals surface area contributed by atoms with Crippen molar-refractivity contribution in [2.75, 3.05) is 7.05 Å². The van der Waals surface area contributed by atoms with Gasteiger partial charge in [-0.3, -0.25) is 0 Å². The minimum absolute atomic E-state index is 0.519. The van der Waals surface area contributed by atoms with Crippen LogP contribution in [0.5, 0.6) is 0 Å². The van der Waals surface area contributed by atoms with E-state index in [-0.39, 0.29) is 0 Å². The van der Waals surface area contributed by atoms with Crippen LogP contribution in [0.15, 0.2) is 0 Å². The molecule has 1 heteroatoms. The Hall–Kier alpha value is -0.0400. The van der Waals surface area contributed by atoms with Crippen LogP contribution in [0.4, 0.5) is 0 Å². The molecule has 1 unspecified atom stereocenters. The predicted molar refractivity (Wildman–Crippen MR) is 49.7 cm³/mol. The third-order valence-corrected chi connectivity index (χ3v) is 3.11. The van der Waals surface area contributed by atoms with Crippen molar-refractivity contribution < 1.29 is 0 Å². The lowest BCUT2D eigenvalue weighted by Crippen LogP contribution is -2.38. The van der Waals surface area contributed by atoms with Gasteiger partial charge in [0, 0.05) is 6.04 Å². The normalized spacial score (nSPS) is 31.4. The van der Waals surface area contributed by atoms with Crippen molar-refractivity contribution in [3.8, 4) is 0 Å². The summed E-state index contributed by atoms with van der Waals surface area (Å²) < 4.78 is 0. The lowest BCUT2D eigenvalue weighted by molar-refractivity contribution is 0.235. The molecule has 11 heavy (non-hydrogen) atoms. The van der Waals surface area contributed by atoms with Gasteiger partial charge in [-0.2, -0.15) is 0 Å². The van der Waals surface area contributed by atoms with Crippen LogP contribution < -0.4 is 5.32 Å². The van der Waals surface area contributed by atoms with Crippen molar-refractivity contribution >= 4 is 0 Å². The summed E-state index contributed by atoms with van der Waals surface area (Å²) in [5.41, 5.74) is 0.519. The Labute approximate surface area is 70.6 Å². The maximum Gasteiger partial charge on any atom is 0.0115 e. The van der Waals surface area contributed by atoms with Crippen LogP contribution in [0.3, 0.4) is 0 Å². The molecule has 0 saturated heterocycles. The van der Waals surface area contributed by atoms with Crippen LogP contribution in [0.2, 0.25) is 0 Å². The molecule has 66 valence electrons. The van der Waals surface area contributed by atoms with Gasteiger partial charge >= 0.3 is 0 Å². The second-order valence-electron chi connectivity index (χ2n) is 4.43. The third kappa shape index (κ3) is 2.19. The lowest BCUT2D eigenvalue weighted by atomic mass is 9.80. The first-order chi connectivity index (χ1) is 5.17. The molecule has 0 aliphatic heterocycles. The highest BCUT2D eigenvalue weighted by Crippen LogP contribution is 2.33. The van der Waals surface area contributed by atoms with Gasteiger partial charge < -0.3 is 5.32 Å². The van der Waals surface area contributed by atoms with Crippen LogP contribution in [-0.2, 0) is 0 Å². The van der Waals surface area contributed by atoms with Crippen LogP contribution in [0.25, 0.3) is 0 Å². The van der Waals surface area contributed by atoms with E-state index in [1.165, 1.54) is 32.1 Å². The maximum atomic E-state index is 3.43. The standard InChI is InChI=1S/C10H21N/c1-10(2)8-6-4-5-7-9(10)11-3/h9,11H,4-8H2,1-3H3. The molecule has 0 bridgehead atoms. The zero-order valence-corrected chi connectivity index (χ0v) is 8.11. The average molecular weight is 155 g/mol. The Bertz CT molecular complexity index is 118. The van der Waals surface area contributed by atoms with Crippen LogP contribution in [0, 0.1) is 5.41 Å². The van der Waals surface area contributed by atoms with E-state index in [2.05, 4.69) is 26.2 Å². The molecule has 1 rings (SSSR count). The molecule has 0 radical (unpaired) electrons. The highest BCUT2D eigenvalue weighted by Gasteiger charge is 2.28. The Kier molecular flexibility index (Phi) is 2.94. The molecule has 0 aromatic heterocycles. The Balaban J connectivity index is 2.56. The van der Waals surface area contributed by atoms with Crippen LogP contribution >= 0.6 is 0 Å². The van der Waals surface area contributed by atoms with Gasteiger partial charge in [0.2, 0.25) is 0 Å². The topological polar surface area (TPSA) is 12.0 Å². The summed E-state index contributed by atoms with van der Waals surface area (Å²) in [6.45, 7) is 4.78. The maximum absolute atomic E-state index is 3.43. The molecule has 1 atom stereocenters. The van der Waals surface area contributed by atoms with Gasteiger partial charge in [-0.1, -0.05) is 33.1 Å². The molecule has 0 aromatic rings. The highest BCUT2D eigenvalue weighted by atomic mass is 14.9. The fourth-order valence-corrected chi connectivity index (χ4v) is 2.21. The van der Waals surface area contributed by atoms with Crippen molar-refractivity contribution in [2.45, 2.75) is 52.0 Å². The second kappa shape index (κ2) is 3.57. The molecule has 1 fully saturated rings. The Morgan fingerprint density at radius 3 is 2.55 bits per heavy atom. The van der Waals surface area contributed by atoms with Crippen molar-refractivity contribution in [3.63, 3.8) is 0 Å². The largest absolute Gasteiger partial charge is 0.316 e. The third-order valence-electron chi connectivity index (χ3n) is 3.11.